The summed E-state index contributed by atoms with van der Waals surface area (Å²) < 4.78 is 45.1. The van der Waals surface area contributed by atoms with Crippen molar-refractivity contribution in [2.75, 3.05) is 26.2 Å². The van der Waals surface area contributed by atoms with Crippen LogP contribution in [-0.2, 0) is 14.4 Å². The summed E-state index contributed by atoms with van der Waals surface area (Å²) in [6.07, 6.45) is -2.31. The summed E-state index contributed by atoms with van der Waals surface area (Å²) in [6, 6.07) is 16.1. The lowest BCUT2D eigenvalue weighted by Gasteiger charge is -2.41. The van der Waals surface area contributed by atoms with Crippen molar-refractivity contribution in [1.29, 1.82) is 0 Å². The second-order valence-electron chi connectivity index (χ2n) is 9.26. The Bertz CT molecular complexity index is 1180. The number of hydrogen-bond donors (Lipinski definition) is 2. The molecular formula is C28H28F4N2O4. The lowest BCUT2D eigenvalue weighted by Crippen LogP contribution is -2.46. The number of ketones is 1. The van der Waals surface area contributed by atoms with Crippen LogP contribution in [0.2, 0.25) is 0 Å². The van der Waals surface area contributed by atoms with Crippen LogP contribution in [0.1, 0.15) is 42.7 Å². The minimum Gasteiger partial charge on any atom is -0.475 e. The number of carbonyl (C=O) groups is 3. The van der Waals surface area contributed by atoms with Crippen molar-refractivity contribution in [1.82, 2.24) is 10.2 Å². The Labute approximate surface area is 218 Å². The topological polar surface area (TPSA) is 86.7 Å². The summed E-state index contributed by atoms with van der Waals surface area (Å²) >= 11 is 0. The van der Waals surface area contributed by atoms with Crippen molar-refractivity contribution in [2.24, 2.45) is 5.41 Å². The van der Waals surface area contributed by atoms with E-state index in [2.05, 4.69) is 22.1 Å². The average Bonchev–Trinajstić information content (AvgIpc) is 3.20. The molecule has 38 heavy (non-hydrogen) atoms. The minimum atomic E-state index is -5.08. The first kappa shape index (κ1) is 28.9. The number of rotatable bonds is 5. The normalized spacial score (nSPS) is 18.5. The lowest BCUT2D eigenvalue weighted by atomic mass is 9.68. The highest BCUT2D eigenvalue weighted by atomic mass is 19.4. The number of benzene rings is 2. The van der Waals surface area contributed by atoms with Gasteiger partial charge in [-0.15, -0.1) is 0 Å². The summed E-state index contributed by atoms with van der Waals surface area (Å²) in [4.78, 5) is 36.0. The average molecular weight is 533 g/mol. The maximum absolute atomic E-state index is 13.3. The molecular weight excluding hydrogens is 504 g/mol. The summed E-state index contributed by atoms with van der Waals surface area (Å²) in [5.41, 5.74) is 1.46. The summed E-state index contributed by atoms with van der Waals surface area (Å²) in [6.45, 7) is 3.10. The molecule has 2 fully saturated rings. The molecule has 2 heterocycles. The van der Waals surface area contributed by atoms with Crippen LogP contribution in [-0.4, -0.2) is 60.0 Å². The number of likely N-dealkylation sites (tertiary alicyclic amines) is 1. The van der Waals surface area contributed by atoms with Gasteiger partial charge in [-0.25, -0.2) is 9.18 Å². The molecule has 2 aromatic rings. The van der Waals surface area contributed by atoms with E-state index < -0.39 is 17.6 Å². The van der Waals surface area contributed by atoms with Crippen molar-refractivity contribution in [2.45, 2.75) is 37.8 Å². The van der Waals surface area contributed by atoms with E-state index in [0.29, 0.717) is 13.0 Å². The van der Waals surface area contributed by atoms with Gasteiger partial charge in [-0.1, -0.05) is 36.3 Å². The fourth-order valence-electron chi connectivity index (χ4n) is 4.80. The van der Waals surface area contributed by atoms with E-state index in [0.717, 1.165) is 50.0 Å². The molecule has 2 aliphatic rings. The molecule has 0 saturated carbocycles. The molecule has 2 aliphatic heterocycles. The molecule has 0 aliphatic carbocycles. The second kappa shape index (κ2) is 12.7. The standard InChI is InChI=1S/C26H27FN2O2.C2HF3O2/c27-22-11-9-21(10-12-22)24-19-28-25(31)26(24)14-17-29(18-15-26)16-4-7-23(30)13-8-20-5-2-1-3-6-20;3-2(4,5)1(6)7/h1-3,5-6,9-12,24H,4,7,14-19H2,(H,28,31);(H,6,7)/t24-;/m1./s1. The first-order chi connectivity index (χ1) is 18.0. The number of carboxylic acids is 1. The van der Waals surface area contributed by atoms with E-state index in [9.17, 15) is 27.2 Å². The molecule has 6 nitrogen and oxygen atoms in total. The lowest BCUT2D eigenvalue weighted by molar-refractivity contribution is -0.192. The fourth-order valence-corrected chi connectivity index (χ4v) is 4.80. The number of nitrogens with zero attached hydrogens (tertiary/aromatic N) is 1. The molecule has 0 unspecified atom stereocenters. The third-order valence-corrected chi connectivity index (χ3v) is 6.85. The molecule has 0 radical (unpaired) electrons. The molecule has 1 spiro atoms. The van der Waals surface area contributed by atoms with E-state index >= 15 is 0 Å². The van der Waals surface area contributed by atoms with Crippen LogP contribution in [0, 0.1) is 23.1 Å². The van der Waals surface area contributed by atoms with Crippen molar-refractivity contribution in [3.05, 3.63) is 71.5 Å². The maximum Gasteiger partial charge on any atom is 0.490 e. The van der Waals surface area contributed by atoms with Gasteiger partial charge in [0.15, 0.2) is 0 Å². The number of carbonyl (C=O) groups excluding carboxylic acids is 2. The molecule has 10 heteroatoms. The van der Waals surface area contributed by atoms with Crippen molar-refractivity contribution >= 4 is 17.7 Å². The zero-order chi connectivity index (χ0) is 27.8. The number of aliphatic carboxylic acids is 1. The number of Topliss-reactive ketones (excluding diaryl/α,β-unsaturated/α-hetero) is 1. The van der Waals surface area contributed by atoms with E-state index in [1.807, 2.05) is 30.3 Å². The molecule has 0 aromatic heterocycles. The first-order valence-corrected chi connectivity index (χ1v) is 12.2. The van der Waals surface area contributed by atoms with Crippen LogP contribution in [0.5, 0.6) is 0 Å². The Kier molecular flexibility index (Phi) is 9.64. The second-order valence-corrected chi connectivity index (χ2v) is 9.26. The third kappa shape index (κ3) is 7.65. The van der Waals surface area contributed by atoms with Gasteiger partial charge < -0.3 is 15.3 Å². The van der Waals surface area contributed by atoms with Crippen molar-refractivity contribution in [3.63, 3.8) is 0 Å². The molecule has 202 valence electrons. The molecule has 0 bridgehead atoms. The van der Waals surface area contributed by atoms with Gasteiger partial charge >= 0.3 is 12.1 Å². The van der Waals surface area contributed by atoms with Gasteiger partial charge in [-0.2, -0.15) is 13.2 Å². The predicted molar refractivity (Wildman–Crippen MR) is 132 cm³/mol. The van der Waals surface area contributed by atoms with Gasteiger partial charge in [0.1, 0.15) is 5.82 Å². The third-order valence-electron chi connectivity index (χ3n) is 6.85. The number of nitrogens with one attached hydrogen (secondary N) is 1. The molecule has 2 aromatic carbocycles. The molecule has 2 N–H and O–H groups in total. The number of hydrogen-bond acceptors (Lipinski definition) is 4. The first-order valence-electron chi connectivity index (χ1n) is 12.2. The Balaban J connectivity index is 0.000000505. The Morgan fingerprint density at radius 3 is 2.24 bits per heavy atom. The van der Waals surface area contributed by atoms with Gasteiger partial charge in [-0.3, -0.25) is 9.59 Å². The Morgan fingerprint density at radius 2 is 1.66 bits per heavy atom. The monoisotopic (exact) mass is 532 g/mol. The van der Waals surface area contributed by atoms with Crippen molar-refractivity contribution < 1.29 is 37.1 Å². The highest BCUT2D eigenvalue weighted by Crippen LogP contribution is 2.47. The predicted octanol–water partition coefficient (Wildman–Crippen LogP) is 4.16. The van der Waals surface area contributed by atoms with Crippen molar-refractivity contribution in [3.8, 4) is 11.8 Å². The van der Waals surface area contributed by atoms with Gasteiger partial charge in [-0.05, 0) is 74.6 Å². The van der Waals surface area contributed by atoms with Crippen LogP contribution < -0.4 is 5.32 Å². The number of carboxylic acid groups (broad SMARTS) is 1. The highest BCUT2D eigenvalue weighted by molar-refractivity contribution is 5.95. The number of amides is 1. The zero-order valence-electron chi connectivity index (χ0n) is 20.6. The van der Waals surface area contributed by atoms with Gasteiger partial charge in [0, 0.05) is 24.4 Å². The van der Waals surface area contributed by atoms with Crippen LogP contribution in [0.3, 0.4) is 0 Å². The molecule has 2 saturated heterocycles. The number of piperidine rings is 1. The van der Waals surface area contributed by atoms with Crippen LogP contribution >= 0.6 is 0 Å². The minimum absolute atomic E-state index is 0.0381. The van der Waals surface area contributed by atoms with Crippen LogP contribution in [0.25, 0.3) is 0 Å². The molecule has 1 atom stereocenters. The van der Waals surface area contributed by atoms with Crippen LogP contribution in [0.15, 0.2) is 54.6 Å². The van der Waals surface area contributed by atoms with E-state index in [-0.39, 0.29) is 23.4 Å². The van der Waals surface area contributed by atoms with Gasteiger partial charge in [0.05, 0.1) is 5.41 Å². The van der Waals surface area contributed by atoms with Gasteiger partial charge in [0.25, 0.3) is 0 Å². The molecule has 4 rings (SSSR count). The van der Waals surface area contributed by atoms with Crippen LogP contribution in [0.4, 0.5) is 17.6 Å². The smallest absolute Gasteiger partial charge is 0.475 e. The quantitative estimate of drug-likeness (QED) is 0.446. The number of halogens is 4. The Morgan fingerprint density at radius 1 is 1.05 bits per heavy atom. The summed E-state index contributed by atoms with van der Waals surface area (Å²) in [5.74, 6) is 2.78. The largest absolute Gasteiger partial charge is 0.490 e. The van der Waals surface area contributed by atoms with E-state index in [1.54, 1.807) is 12.1 Å². The fraction of sp³-hybridized carbons (Fsp3) is 0.393. The highest BCUT2D eigenvalue weighted by Gasteiger charge is 2.51. The SMILES string of the molecule is O=C(C#Cc1ccccc1)CCCN1CCC2(CC1)C(=O)NC[C@@H]2c1ccc(F)cc1.O=C(O)C(F)(F)F. The summed E-state index contributed by atoms with van der Waals surface area (Å²) in [7, 11) is 0. The summed E-state index contributed by atoms with van der Waals surface area (Å²) in [5, 5.41) is 10.2. The van der Waals surface area contributed by atoms with Gasteiger partial charge in [0.2, 0.25) is 11.7 Å². The van der Waals surface area contributed by atoms with E-state index in [1.165, 1.54) is 12.1 Å². The Hall–Kier alpha value is -3.71. The van der Waals surface area contributed by atoms with E-state index in [4.69, 9.17) is 9.90 Å². The number of alkyl halides is 3. The zero-order valence-corrected chi connectivity index (χ0v) is 20.6. The maximum atomic E-state index is 13.3. The molecule has 1 amide bonds.